The molecule has 0 saturated carbocycles. The Morgan fingerprint density at radius 3 is 2.31 bits per heavy atom. The Balaban J connectivity index is 1.41. The predicted octanol–water partition coefficient (Wildman–Crippen LogP) is 7.38. The van der Waals surface area contributed by atoms with Crippen LogP contribution in [0.1, 0.15) is 55.5 Å². The number of aromatic nitrogens is 1. The van der Waals surface area contributed by atoms with Crippen molar-refractivity contribution >= 4 is 35.0 Å². The Kier molecular flexibility index (Phi) is 10.3. The van der Waals surface area contributed by atoms with Crippen molar-refractivity contribution in [1.82, 2.24) is 4.57 Å². The molecule has 0 aliphatic rings. The fourth-order valence-electron chi connectivity index (χ4n) is 4.76. The molecule has 0 spiro atoms. The summed E-state index contributed by atoms with van der Waals surface area (Å²) in [7, 11) is 0. The summed E-state index contributed by atoms with van der Waals surface area (Å²) in [5.41, 5.74) is 3.31. The van der Waals surface area contributed by atoms with Gasteiger partial charge in [-0.3, -0.25) is 4.79 Å². The van der Waals surface area contributed by atoms with Crippen molar-refractivity contribution in [1.29, 1.82) is 0 Å². The molecule has 4 rings (SSSR count). The van der Waals surface area contributed by atoms with E-state index >= 15 is 0 Å². The molecule has 9 heteroatoms. The van der Waals surface area contributed by atoms with Gasteiger partial charge in [0.05, 0.1) is 13.2 Å². The fourth-order valence-corrected chi connectivity index (χ4v) is 4.76. The van der Waals surface area contributed by atoms with Gasteiger partial charge in [0.1, 0.15) is 11.8 Å². The summed E-state index contributed by atoms with van der Waals surface area (Å²) < 4.78 is 39.8. The summed E-state index contributed by atoms with van der Waals surface area (Å²) in [6.45, 7) is 2.30. The molecule has 1 unspecified atom stereocenters. The number of hydrogen-bond donors (Lipinski definition) is 2. The van der Waals surface area contributed by atoms with E-state index in [1.165, 1.54) is 12.1 Å². The minimum Gasteiger partial charge on any atom is -0.494 e. The highest BCUT2D eigenvalue weighted by atomic mass is 19.2. The number of fused-ring (bicyclic) bond motifs is 1. The maximum atomic E-state index is 13.6. The van der Waals surface area contributed by atoms with E-state index < -0.39 is 29.6 Å². The Bertz CT molecular complexity index is 1560. The number of carboxylic acids is 2. The Hall–Kier alpha value is -4.66. The lowest BCUT2D eigenvalue weighted by Gasteiger charge is -2.14. The lowest BCUT2D eigenvalue weighted by molar-refractivity contribution is -0.140. The van der Waals surface area contributed by atoms with Crippen LogP contribution in [0.3, 0.4) is 0 Å². The molecular formula is C33H33F2NO6. The van der Waals surface area contributed by atoms with Gasteiger partial charge in [0, 0.05) is 23.0 Å². The molecule has 0 aliphatic carbocycles. The minimum atomic E-state index is -0.991. The van der Waals surface area contributed by atoms with E-state index in [0.29, 0.717) is 38.0 Å². The van der Waals surface area contributed by atoms with Crippen molar-refractivity contribution in [3.05, 3.63) is 95.2 Å². The molecule has 2 N–H and O–H groups in total. The highest BCUT2D eigenvalue weighted by Crippen LogP contribution is 2.32. The summed E-state index contributed by atoms with van der Waals surface area (Å²) >= 11 is 0. The summed E-state index contributed by atoms with van der Waals surface area (Å²) in [6, 6.07) is 18.0. The smallest absolute Gasteiger partial charge is 0.326 e. The van der Waals surface area contributed by atoms with E-state index in [1.807, 2.05) is 60.7 Å². The van der Waals surface area contributed by atoms with Crippen molar-refractivity contribution < 1.29 is 38.1 Å². The first-order valence-electron chi connectivity index (χ1n) is 13.8. The monoisotopic (exact) mass is 577 g/mol. The molecule has 0 bridgehead atoms. The van der Waals surface area contributed by atoms with E-state index in [0.717, 1.165) is 33.8 Å². The zero-order chi connectivity index (χ0) is 30.1. The molecule has 0 saturated heterocycles. The third kappa shape index (κ3) is 7.54. The van der Waals surface area contributed by atoms with Crippen LogP contribution in [0.4, 0.5) is 8.78 Å². The highest BCUT2D eigenvalue weighted by molar-refractivity contribution is 5.91. The lowest BCUT2D eigenvalue weighted by atomic mass is 10.0. The molecule has 0 radical (unpaired) electrons. The van der Waals surface area contributed by atoms with Gasteiger partial charge in [0.25, 0.3) is 0 Å². The van der Waals surface area contributed by atoms with Crippen LogP contribution in [0.25, 0.3) is 23.1 Å². The summed E-state index contributed by atoms with van der Waals surface area (Å²) in [4.78, 5) is 23.1. The van der Waals surface area contributed by atoms with Crippen LogP contribution in [0.5, 0.6) is 11.5 Å². The van der Waals surface area contributed by atoms with Gasteiger partial charge in [-0.2, -0.15) is 4.39 Å². The number of para-hydroxylation sites is 1. The molecule has 220 valence electrons. The zero-order valence-corrected chi connectivity index (χ0v) is 23.3. The summed E-state index contributed by atoms with van der Waals surface area (Å²) in [5, 5.41) is 19.9. The molecule has 1 heterocycles. The van der Waals surface area contributed by atoms with E-state index in [-0.39, 0.29) is 18.8 Å². The Morgan fingerprint density at radius 2 is 1.60 bits per heavy atom. The maximum absolute atomic E-state index is 13.6. The summed E-state index contributed by atoms with van der Waals surface area (Å²) in [6.07, 6.45) is 6.01. The number of ether oxygens (including phenoxy) is 2. The van der Waals surface area contributed by atoms with E-state index in [2.05, 4.69) is 0 Å². The molecule has 7 nitrogen and oxygen atoms in total. The van der Waals surface area contributed by atoms with Crippen molar-refractivity contribution in [3.63, 3.8) is 0 Å². The van der Waals surface area contributed by atoms with Gasteiger partial charge in [-0.05, 0) is 80.1 Å². The number of rotatable bonds is 15. The molecule has 1 aromatic heterocycles. The van der Waals surface area contributed by atoms with Crippen LogP contribution in [-0.4, -0.2) is 39.9 Å². The minimum absolute atomic E-state index is 0.0250. The van der Waals surface area contributed by atoms with Crippen LogP contribution in [0, 0.1) is 11.6 Å². The molecule has 3 aromatic carbocycles. The van der Waals surface area contributed by atoms with E-state index in [1.54, 1.807) is 11.5 Å². The van der Waals surface area contributed by atoms with Crippen LogP contribution < -0.4 is 9.47 Å². The van der Waals surface area contributed by atoms with Crippen molar-refractivity contribution in [2.75, 3.05) is 13.2 Å². The predicted molar refractivity (Wildman–Crippen MR) is 157 cm³/mol. The van der Waals surface area contributed by atoms with Crippen LogP contribution >= 0.6 is 0 Å². The fraction of sp³-hybridized carbons (Fsp3) is 0.273. The second-order valence-electron chi connectivity index (χ2n) is 9.87. The summed E-state index contributed by atoms with van der Waals surface area (Å²) in [5.74, 6) is -3.20. The van der Waals surface area contributed by atoms with Gasteiger partial charge in [-0.25, -0.2) is 9.18 Å². The quantitative estimate of drug-likeness (QED) is 0.143. The normalized spacial score (nSPS) is 12.1. The number of halogens is 2. The number of aryl methyl sites for hydroxylation is 1. The number of carboxylic acid groups (broad SMARTS) is 2. The molecule has 0 fully saturated rings. The van der Waals surface area contributed by atoms with E-state index in [9.17, 15) is 23.5 Å². The van der Waals surface area contributed by atoms with Gasteiger partial charge >= 0.3 is 11.9 Å². The maximum Gasteiger partial charge on any atom is 0.326 e. The molecule has 0 aliphatic heterocycles. The third-order valence-corrected chi connectivity index (χ3v) is 6.91. The second kappa shape index (κ2) is 14.3. The number of nitrogens with zero attached hydrogens (tertiary/aromatic N) is 1. The average Bonchev–Trinajstić information content (AvgIpc) is 3.28. The standard InChI is InChI=1S/C33H33F2NO6/c1-22(33(39)40)36-28-11-3-2-8-25(28)26(9-6-13-31(37)38)29(36)19-16-23-14-17-24(18-15-23)41-20-4-5-21-42-30-12-7-10-27(34)32(30)35/h2-3,7-8,10-12,14-19,22H,4-6,9,13,20-21H2,1H3,(H,37,38)(H,39,40). The number of aliphatic carboxylic acids is 2. The number of carbonyl (C=O) groups is 2. The Labute approximate surface area is 242 Å². The van der Waals surface area contributed by atoms with Crippen molar-refractivity contribution in [3.8, 4) is 11.5 Å². The van der Waals surface area contributed by atoms with Crippen molar-refractivity contribution in [2.45, 2.75) is 45.1 Å². The van der Waals surface area contributed by atoms with Gasteiger partial charge < -0.3 is 24.3 Å². The highest BCUT2D eigenvalue weighted by Gasteiger charge is 2.22. The molecule has 0 amide bonds. The number of benzene rings is 3. The second-order valence-corrected chi connectivity index (χ2v) is 9.87. The number of unbranched alkanes of at least 4 members (excludes halogenated alkanes) is 1. The number of hydrogen-bond acceptors (Lipinski definition) is 4. The van der Waals surface area contributed by atoms with Crippen LogP contribution in [0.2, 0.25) is 0 Å². The average molecular weight is 578 g/mol. The first kappa shape index (κ1) is 30.3. The molecule has 42 heavy (non-hydrogen) atoms. The first-order valence-corrected chi connectivity index (χ1v) is 13.8. The molecule has 4 aromatic rings. The zero-order valence-electron chi connectivity index (χ0n) is 23.3. The van der Waals surface area contributed by atoms with Gasteiger partial charge in [0.2, 0.25) is 5.82 Å². The van der Waals surface area contributed by atoms with Gasteiger partial charge in [-0.1, -0.05) is 42.5 Å². The lowest BCUT2D eigenvalue weighted by Crippen LogP contribution is -2.16. The first-order chi connectivity index (χ1) is 20.3. The van der Waals surface area contributed by atoms with Crippen LogP contribution in [-0.2, 0) is 16.0 Å². The van der Waals surface area contributed by atoms with Gasteiger partial charge in [0.15, 0.2) is 11.6 Å². The largest absolute Gasteiger partial charge is 0.494 e. The molecular weight excluding hydrogens is 544 g/mol. The third-order valence-electron chi connectivity index (χ3n) is 6.91. The molecule has 1 atom stereocenters. The topological polar surface area (TPSA) is 98.0 Å². The van der Waals surface area contributed by atoms with E-state index in [4.69, 9.17) is 14.6 Å². The van der Waals surface area contributed by atoms with Crippen LogP contribution in [0.15, 0.2) is 66.7 Å². The van der Waals surface area contributed by atoms with Gasteiger partial charge in [-0.15, -0.1) is 0 Å². The SMILES string of the molecule is CC(C(=O)O)n1c(C=Cc2ccc(OCCCCOc3cccc(F)c3F)cc2)c(CCCC(=O)O)c2ccccc21. The van der Waals surface area contributed by atoms with Crippen molar-refractivity contribution in [2.24, 2.45) is 0 Å². The Morgan fingerprint density at radius 1 is 0.881 bits per heavy atom.